The Morgan fingerprint density at radius 1 is 0.915 bits per heavy atom. The van der Waals surface area contributed by atoms with Crippen molar-refractivity contribution >= 4 is 57.9 Å². The van der Waals surface area contributed by atoms with E-state index in [1.807, 2.05) is 57.2 Å². The highest BCUT2D eigenvalue weighted by atomic mass is 32.2. The molecule has 0 unspecified atom stereocenters. The Labute approximate surface area is 277 Å². The van der Waals surface area contributed by atoms with E-state index in [-0.39, 0.29) is 6.54 Å². The van der Waals surface area contributed by atoms with E-state index >= 15 is 0 Å². The van der Waals surface area contributed by atoms with Gasteiger partial charge in [-0.1, -0.05) is 65.1 Å². The number of thioether (sulfide) groups is 1. The zero-order chi connectivity index (χ0) is 33.6. The number of nitrogens with one attached hydrogen (secondary N) is 1. The van der Waals surface area contributed by atoms with Gasteiger partial charge in [0, 0.05) is 35.3 Å². The summed E-state index contributed by atoms with van der Waals surface area (Å²) >= 11 is 1.83. The third kappa shape index (κ3) is 5.98. The number of para-hydroxylation sites is 1. The van der Waals surface area contributed by atoms with E-state index in [9.17, 15) is 32.3 Å². The normalized spacial score (nSPS) is 19.0. The van der Waals surface area contributed by atoms with Crippen LogP contribution in [0.1, 0.15) is 41.3 Å². The number of benzene rings is 3. The van der Waals surface area contributed by atoms with Crippen LogP contribution in [0.2, 0.25) is 0 Å². The van der Waals surface area contributed by atoms with Gasteiger partial charge in [0.2, 0.25) is 17.7 Å². The summed E-state index contributed by atoms with van der Waals surface area (Å²) in [5.74, 6) is -3.91. The van der Waals surface area contributed by atoms with Crippen molar-refractivity contribution in [1.82, 2.24) is 4.57 Å². The summed E-state index contributed by atoms with van der Waals surface area (Å²) < 4.78 is 43.5. The maximum absolute atomic E-state index is 14.2. The number of amides is 3. The zero-order valence-electron chi connectivity index (χ0n) is 25.7. The highest BCUT2D eigenvalue weighted by Crippen LogP contribution is 2.54. The molecule has 0 radical (unpaired) electrons. The topological polar surface area (TPSA) is 91.7 Å². The molecule has 0 spiro atoms. The quantitative estimate of drug-likeness (QED) is 0.213. The van der Waals surface area contributed by atoms with Gasteiger partial charge in [-0.15, -0.1) is 0 Å². The van der Waals surface area contributed by atoms with Gasteiger partial charge in [-0.2, -0.15) is 13.2 Å². The van der Waals surface area contributed by atoms with Gasteiger partial charge in [0.05, 0.1) is 22.2 Å². The van der Waals surface area contributed by atoms with Gasteiger partial charge in [-0.05, 0) is 62.7 Å². The minimum atomic E-state index is -4.80. The second-order valence-electron chi connectivity index (χ2n) is 11.4. The molecule has 0 saturated carbocycles. The number of anilines is 3. The molecule has 244 valence electrons. The summed E-state index contributed by atoms with van der Waals surface area (Å²) in [5, 5.41) is 2.01. The van der Waals surface area contributed by atoms with Crippen LogP contribution in [0.4, 0.5) is 30.2 Å². The second kappa shape index (κ2) is 12.7. The summed E-state index contributed by atoms with van der Waals surface area (Å²) in [6, 6.07) is 19.1. The lowest BCUT2D eigenvalue weighted by Gasteiger charge is -2.31. The number of fused-ring (bicyclic) bond motifs is 2. The van der Waals surface area contributed by atoms with E-state index in [4.69, 9.17) is 0 Å². The minimum absolute atomic E-state index is 0.348. The molecular weight excluding hydrogens is 650 g/mol. The summed E-state index contributed by atoms with van der Waals surface area (Å²) in [6.07, 6.45) is -4.80. The molecule has 1 fully saturated rings. The van der Waals surface area contributed by atoms with E-state index in [0.717, 1.165) is 59.6 Å². The van der Waals surface area contributed by atoms with Crippen molar-refractivity contribution < 1.29 is 27.6 Å². The van der Waals surface area contributed by atoms with Crippen LogP contribution >= 0.6 is 23.1 Å². The number of hydrogen-bond acceptors (Lipinski definition) is 7. The van der Waals surface area contributed by atoms with Crippen molar-refractivity contribution in [2.45, 2.75) is 49.7 Å². The Hall–Kier alpha value is -4.36. The summed E-state index contributed by atoms with van der Waals surface area (Å²) in [5.41, 5.74) is 1.52. The Bertz CT molecular complexity index is 1900. The first-order valence-electron chi connectivity index (χ1n) is 15.1. The van der Waals surface area contributed by atoms with E-state index in [0.29, 0.717) is 26.1 Å². The number of thiazole rings is 1. The number of nitrogens with zero attached hydrogens (tertiary/aromatic N) is 3. The van der Waals surface area contributed by atoms with Crippen molar-refractivity contribution in [3.8, 4) is 0 Å². The predicted molar refractivity (Wildman–Crippen MR) is 177 cm³/mol. The van der Waals surface area contributed by atoms with Gasteiger partial charge in [-0.25, -0.2) is 4.90 Å². The third-order valence-electron chi connectivity index (χ3n) is 8.52. The van der Waals surface area contributed by atoms with Crippen LogP contribution < -0.4 is 20.0 Å². The van der Waals surface area contributed by atoms with Crippen LogP contribution in [0.25, 0.3) is 0 Å². The lowest BCUT2D eigenvalue weighted by atomic mass is 9.83. The van der Waals surface area contributed by atoms with Crippen LogP contribution in [0.5, 0.6) is 0 Å². The van der Waals surface area contributed by atoms with Crippen LogP contribution in [-0.4, -0.2) is 40.6 Å². The molecule has 6 rings (SSSR count). The molecule has 1 saturated heterocycles. The first kappa shape index (κ1) is 32.6. The first-order chi connectivity index (χ1) is 22.4. The molecule has 3 atom stereocenters. The number of imide groups is 1. The molecule has 47 heavy (non-hydrogen) atoms. The smallest absolute Gasteiger partial charge is 0.372 e. The minimum Gasteiger partial charge on any atom is -0.372 e. The van der Waals surface area contributed by atoms with E-state index in [2.05, 4.69) is 10.2 Å². The number of carbonyl (C=O) groups excluding carboxylic acids is 3. The van der Waals surface area contributed by atoms with Gasteiger partial charge < -0.3 is 10.2 Å². The first-order valence-corrected chi connectivity index (χ1v) is 16.8. The van der Waals surface area contributed by atoms with Crippen LogP contribution in [0.3, 0.4) is 0 Å². The average molecular weight is 681 g/mol. The molecule has 13 heteroatoms. The maximum Gasteiger partial charge on any atom is 0.418 e. The Kier molecular flexibility index (Phi) is 8.79. The molecule has 3 aromatic carbocycles. The molecule has 3 heterocycles. The van der Waals surface area contributed by atoms with E-state index in [1.165, 1.54) is 16.7 Å². The molecular formula is C34H31F3N4O4S2. The Balaban J connectivity index is 1.43. The third-order valence-corrected chi connectivity index (χ3v) is 11.1. The lowest BCUT2D eigenvalue weighted by Crippen LogP contribution is -2.33. The number of aryl methyl sites for hydroxylation is 1. The monoisotopic (exact) mass is 680 g/mol. The number of rotatable bonds is 8. The molecule has 0 aliphatic carbocycles. The summed E-state index contributed by atoms with van der Waals surface area (Å²) in [6.45, 7) is 7.15. The Morgan fingerprint density at radius 2 is 1.57 bits per heavy atom. The fourth-order valence-electron chi connectivity index (χ4n) is 6.22. The fourth-order valence-corrected chi connectivity index (χ4v) is 9.00. The average Bonchev–Trinajstić information content (AvgIpc) is 3.48. The van der Waals surface area contributed by atoms with Crippen molar-refractivity contribution in [3.05, 3.63) is 104 Å². The van der Waals surface area contributed by atoms with Crippen molar-refractivity contribution in [2.24, 2.45) is 5.92 Å². The number of hydrogen-bond donors (Lipinski definition) is 1. The maximum atomic E-state index is 14.2. The number of alkyl halides is 3. The van der Waals surface area contributed by atoms with Crippen LogP contribution in [-0.2, 0) is 27.1 Å². The lowest BCUT2D eigenvalue weighted by molar-refractivity contribution is -0.137. The fraction of sp³-hybridized carbons (Fsp3) is 0.294. The molecule has 0 bridgehead atoms. The number of aromatic nitrogens is 1. The molecule has 1 aromatic heterocycles. The van der Waals surface area contributed by atoms with Crippen molar-refractivity contribution in [2.75, 3.05) is 28.2 Å². The van der Waals surface area contributed by atoms with Gasteiger partial charge in [0.15, 0.2) is 0 Å². The molecule has 2 aliphatic heterocycles. The van der Waals surface area contributed by atoms with Gasteiger partial charge in [-0.3, -0.25) is 23.7 Å². The van der Waals surface area contributed by atoms with Crippen LogP contribution in [0, 0.1) is 12.8 Å². The van der Waals surface area contributed by atoms with Crippen molar-refractivity contribution in [3.63, 3.8) is 0 Å². The second-order valence-corrected chi connectivity index (χ2v) is 13.5. The standard InChI is InChI=1S/C34H31F3N4O4S2/c1-4-39(5-2)22-16-12-20(13-17-22)26-27-28(31(44)41(30(27)43)24-9-7-6-8-23(24)34(35,36)37)46-32-29(26)47-33(45)40(32)18-25(42)38-21-14-10-19(3)11-15-21/h6-17,26-28H,4-5,18H2,1-3H3,(H,38,42)/t26-,27-,28+/m0/s1. The van der Waals surface area contributed by atoms with E-state index < -0.39 is 57.1 Å². The van der Waals surface area contributed by atoms with Gasteiger partial charge >= 0.3 is 11.0 Å². The number of halogens is 3. The molecule has 8 nitrogen and oxygen atoms in total. The van der Waals surface area contributed by atoms with Crippen LogP contribution in [0.15, 0.2) is 82.6 Å². The highest BCUT2D eigenvalue weighted by Gasteiger charge is 2.57. The molecule has 2 aliphatic rings. The SMILES string of the molecule is CCN(CC)c1ccc([C@@H]2c3sc(=O)n(CC(=O)Nc4ccc(C)cc4)c3S[C@H]3C(=O)N(c4ccccc4C(F)(F)F)C(=O)[C@@H]23)cc1. The summed E-state index contributed by atoms with van der Waals surface area (Å²) in [4.78, 5) is 57.5. The van der Waals surface area contributed by atoms with Crippen molar-refractivity contribution in [1.29, 1.82) is 0 Å². The predicted octanol–water partition coefficient (Wildman–Crippen LogP) is 6.52. The molecule has 3 amide bonds. The van der Waals surface area contributed by atoms with Gasteiger partial charge in [0.1, 0.15) is 11.8 Å². The van der Waals surface area contributed by atoms with Gasteiger partial charge in [0.25, 0.3) is 0 Å². The largest absolute Gasteiger partial charge is 0.418 e. The summed E-state index contributed by atoms with van der Waals surface area (Å²) in [7, 11) is 0. The Morgan fingerprint density at radius 3 is 2.21 bits per heavy atom. The number of carbonyl (C=O) groups is 3. The molecule has 1 N–H and O–H groups in total. The van der Waals surface area contributed by atoms with E-state index in [1.54, 1.807) is 12.1 Å². The zero-order valence-corrected chi connectivity index (χ0v) is 27.3. The highest BCUT2D eigenvalue weighted by molar-refractivity contribution is 8.00. The molecule has 4 aromatic rings.